The van der Waals surface area contributed by atoms with Crippen molar-refractivity contribution in [2.75, 3.05) is 11.9 Å². The third kappa shape index (κ3) is 5.08. The van der Waals surface area contributed by atoms with Crippen molar-refractivity contribution in [3.05, 3.63) is 41.7 Å². The number of nitrogens with zero attached hydrogens (tertiary/aromatic N) is 2. The maximum Gasteiger partial charge on any atom is 0.303 e. The number of carboxylic acid groups (broad SMARTS) is 1. The second kappa shape index (κ2) is 8.03. The monoisotopic (exact) mass is 359 g/mol. The highest BCUT2D eigenvalue weighted by atomic mass is 16.5. The van der Waals surface area contributed by atoms with Crippen LogP contribution in [0.1, 0.15) is 49.7 Å². The van der Waals surface area contributed by atoms with Gasteiger partial charge in [-0.1, -0.05) is 0 Å². The third-order valence-electron chi connectivity index (χ3n) is 3.81. The number of aromatic nitrogens is 2. The molecular weight excluding hydrogens is 334 g/mol. The van der Waals surface area contributed by atoms with E-state index in [1.807, 2.05) is 32.4 Å². The number of amides is 1. The predicted molar refractivity (Wildman–Crippen MR) is 98.7 cm³/mol. The van der Waals surface area contributed by atoms with Crippen molar-refractivity contribution >= 4 is 17.6 Å². The van der Waals surface area contributed by atoms with Crippen molar-refractivity contribution in [1.82, 2.24) is 9.78 Å². The zero-order valence-corrected chi connectivity index (χ0v) is 15.6. The van der Waals surface area contributed by atoms with Crippen LogP contribution in [-0.2, 0) is 10.3 Å². The van der Waals surface area contributed by atoms with Crippen LogP contribution in [0.15, 0.2) is 30.5 Å². The van der Waals surface area contributed by atoms with Crippen LogP contribution in [0.3, 0.4) is 0 Å². The minimum Gasteiger partial charge on any atom is -0.494 e. The quantitative estimate of drug-likeness (QED) is 0.739. The second-order valence-electron chi connectivity index (χ2n) is 7.05. The van der Waals surface area contributed by atoms with Gasteiger partial charge in [-0.15, -0.1) is 0 Å². The number of hydrogen-bond donors (Lipinski definition) is 2. The number of aliphatic carboxylic acids is 1. The topological polar surface area (TPSA) is 93.4 Å². The molecule has 0 spiro atoms. The Balaban J connectivity index is 1.95. The molecular formula is C19H25N3O4. The molecule has 26 heavy (non-hydrogen) atoms. The van der Waals surface area contributed by atoms with Gasteiger partial charge in [-0.2, -0.15) is 5.10 Å². The molecule has 0 saturated heterocycles. The van der Waals surface area contributed by atoms with Crippen LogP contribution in [0.25, 0.3) is 0 Å². The molecule has 0 aliphatic rings. The van der Waals surface area contributed by atoms with Gasteiger partial charge in [-0.25, -0.2) is 0 Å². The highest BCUT2D eigenvalue weighted by Gasteiger charge is 2.21. The van der Waals surface area contributed by atoms with E-state index in [1.165, 1.54) is 0 Å². The van der Waals surface area contributed by atoms with Gasteiger partial charge in [0.15, 0.2) is 0 Å². The summed E-state index contributed by atoms with van der Waals surface area (Å²) in [6, 6.07) is 6.96. The Morgan fingerprint density at radius 3 is 2.42 bits per heavy atom. The van der Waals surface area contributed by atoms with Crippen LogP contribution < -0.4 is 10.1 Å². The van der Waals surface area contributed by atoms with Crippen LogP contribution >= 0.6 is 0 Å². The highest BCUT2D eigenvalue weighted by Crippen LogP contribution is 2.20. The first-order chi connectivity index (χ1) is 12.2. The zero-order valence-electron chi connectivity index (χ0n) is 15.6. The molecule has 0 unspecified atom stereocenters. The molecule has 1 amide bonds. The van der Waals surface area contributed by atoms with Crippen molar-refractivity contribution in [3.8, 4) is 5.75 Å². The van der Waals surface area contributed by atoms with E-state index in [-0.39, 0.29) is 17.9 Å². The molecule has 0 aliphatic heterocycles. The Hall–Kier alpha value is -2.83. The molecule has 2 aromatic rings. The van der Waals surface area contributed by atoms with Crippen LogP contribution in [0.2, 0.25) is 0 Å². The van der Waals surface area contributed by atoms with E-state index in [9.17, 15) is 9.59 Å². The normalized spacial score (nSPS) is 11.2. The molecule has 2 N–H and O–H groups in total. The second-order valence-corrected chi connectivity index (χ2v) is 7.05. The molecule has 1 aromatic heterocycles. The lowest BCUT2D eigenvalue weighted by atomic mass is 10.1. The first-order valence-electron chi connectivity index (χ1n) is 8.49. The number of hydrogen-bond acceptors (Lipinski definition) is 4. The summed E-state index contributed by atoms with van der Waals surface area (Å²) in [5.41, 5.74) is 1.81. The molecule has 1 heterocycles. The van der Waals surface area contributed by atoms with E-state index in [0.29, 0.717) is 30.0 Å². The molecule has 0 saturated carbocycles. The van der Waals surface area contributed by atoms with Gasteiger partial charge in [0.2, 0.25) is 0 Å². The molecule has 2 rings (SSSR count). The van der Waals surface area contributed by atoms with Crippen molar-refractivity contribution in [3.63, 3.8) is 0 Å². The number of ether oxygens (including phenoxy) is 1. The molecule has 0 radical (unpaired) electrons. The summed E-state index contributed by atoms with van der Waals surface area (Å²) in [4.78, 5) is 22.9. The smallest absolute Gasteiger partial charge is 0.303 e. The number of rotatable bonds is 7. The van der Waals surface area contributed by atoms with E-state index in [1.54, 1.807) is 30.5 Å². The van der Waals surface area contributed by atoms with Gasteiger partial charge in [-0.3, -0.25) is 14.3 Å². The van der Waals surface area contributed by atoms with Gasteiger partial charge in [0, 0.05) is 17.8 Å². The Labute approximate surface area is 153 Å². The summed E-state index contributed by atoms with van der Waals surface area (Å²) in [5.74, 6) is -0.421. The molecule has 0 fully saturated rings. The molecule has 7 nitrogen and oxygen atoms in total. The Kier molecular flexibility index (Phi) is 6.02. The van der Waals surface area contributed by atoms with Crippen molar-refractivity contribution in [2.45, 2.75) is 46.1 Å². The summed E-state index contributed by atoms with van der Waals surface area (Å²) in [7, 11) is 0. The van der Waals surface area contributed by atoms with Crippen LogP contribution in [0, 0.1) is 6.92 Å². The molecule has 1 aromatic carbocycles. The molecule has 0 atom stereocenters. The lowest BCUT2D eigenvalue weighted by Crippen LogP contribution is -2.25. The van der Waals surface area contributed by atoms with E-state index in [2.05, 4.69) is 10.4 Å². The third-order valence-corrected chi connectivity index (χ3v) is 3.81. The largest absolute Gasteiger partial charge is 0.494 e. The fourth-order valence-corrected chi connectivity index (χ4v) is 2.56. The van der Waals surface area contributed by atoms with Gasteiger partial charge < -0.3 is 15.2 Å². The Morgan fingerprint density at radius 1 is 1.23 bits per heavy atom. The minimum atomic E-state index is -0.836. The lowest BCUT2D eigenvalue weighted by Gasteiger charge is -2.21. The summed E-state index contributed by atoms with van der Waals surface area (Å²) in [6.07, 6.45) is 2.11. The van der Waals surface area contributed by atoms with Gasteiger partial charge in [0.25, 0.3) is 5.91 Å². The number of carboxylic acids is 1. The maximum absolute atomic E-state index is 12.5. The fraction of sp³-hybridized carbons (Fsp3) is 0.421. The minimum absolute atomic E-state index is 0.0791. The molecule has 0 aliphatic carbocycles. The van der Waals surface area contributed by atoms with E-state index < -0.39 is 5.97 Å². The summed E-state index contributed by atoms with van der Waals surface area (Å²) in [6.45, 7) is 8.31. The van der Waals surface area contributed by atoms with Gasteiger partial charge in [0.05, 0.1) is 23.9 Å². The molecule has 7 heteroatoms. The predicted octanol–water partition coefficient (Wildman–Crippen LogP) is 3.44. The molecule has 140 valence electrons. The van der Waals surface area contributed by atoms with Gasteiger partial charge >= 0.3 is 5.97 Å². The van der Waals surface area contributed by atoms with Crippen LogP contribution in [-0.4, -0.2) is 33.4 Å². The number of carbonyl (C=O) groups is 2. The van der Waals surface area contributed by atoms with Crippen molar-refractivity contribution in [2.24, 2.45) is 0 Å². The lowest BCUT2D eigenvalue weighted by molar-refractivity contribution is -0.137. The Bertz CT molecular complexity index is 773. The number of carbonyl (C=O) groups excluding carboxylic acids is 1. The van der Waals surface area contributed by atoms with Gasteiger partial charge in [0.1, 0.15) is 5.75 Å². The van der Waals surface area contributed by atoms with E-state index in [0.717, 1.165) is 5.69 Å². The average molecular weight is 359 g/mol. The van der Waals surface area contributed by atoms with Crippen LogP contribution in [0.5, 0.6) is 5.75 Å². The Morgan fingerprint density at radius 2 is 1.88 bits per heavy atom. The van der Waals surface area contributed by atoms with Crippen LogP contribution in [0.4, 0.5) is 5.69 Å². The number of benzene rings is 1. The highest BCUT2D eigenvalue weighted by molar-refractivity contribution is 6.04. The van der Waals surface area contributed by atoms with E-state index >= 15 is 0 Å². The van der Waals surface area contributed by atoms with E-state index in [4.69, 9.17) is 9.84 Å². The summed E-state index contributed by atoms with van der Waals surface area (Å²) >= 11 is 0. The van der Waals surface area contributed by atoms with Crippen molar-refractivity contribution in [1.29, 1.82) is 0 Å². The molecule has 0 bridgehead atoms. The van der Waals surface area contributed by atoms with Crippen molar-refractivity contribution < 1.29 is 19.4 Å². The maximum atomic E-state index is 12.5. The first-order valence-corrected chi connectivity index (χ1v) is 8.49. The number of anilines is 1. The number of nitrogens with one attached hydrogen (secondary N) is 1. The first kappa shape index (κ1) is 19.5. The summed E-state index contributed by atoms with van der Waals surface area (Å²) in [5, 5.41) is 15.7. The summed E-state index contributed by atoms with van der Waals surface area (Å²) < 4.78 is 7.30. The van der Waals surface area contributed by atoms with Gasteiger partial charge in [-0.05, 0) is 58.4 Å². The zero-order chi connectivity index (χ0) is 19.3. The standard InChI is InChI=1S/C19H25N3O4/c1-13-16(12-20-22(13)19(2,3)4)18(25)21-14-7-9-15(10-8-14)26-11-5-6-17(23)24/h7-10,12H,5-6,11H2,1-4H3,(H,21,25)(H,23,24). The fourth-order valence-electron chi connectivity index (χ4n) is 2.56. The average Bonchev–Trinajstić information content (AvgIpc) is 2.95. The SMILES string of the molecule is Cc1c(C(=O)Nc2ccc(OCCCC(=O)O)cc2)cnn1C(C)(C)C.